The summed E-state index contributed by atoms with van der Waals surface area (Å²) in [5, 5.41) is 15.8. The Balaban J connectivity index is 2.12. The summed E-state index contributed by atoms with van der Waals surface area (Å²) in [5.74, 6) is -0.393. The molecule has 118 valence electrons. The minimum atomic E-state index is -0.393. The van der Waals surface area contributed by atoms with Crippen LogP contribution >= 0.6 is 35.2 Å². The summed E-state index contributed by atoms with van der Waals surface area (Å²) in [4.78, 5) is 13.2. The van der Waals surface area contributed by atoms with Crippen LogP contribution in [0, 0.1) is 32.1 Å². The first-order valence-electron chi connectivity index (χ1n) is 6.72. The van der Waals surface area contributed by atoms with E-state index in [1.165, 1.54) is 11.3 Å². The number of nitrogens with one attached hydrogen (secondary N) is 2. The van der Waals surface area contributed by atoms with E-state index in [4.69, 9.17) is 23.8 Å². The lowest BCUT2D eigenvalue weighted by molar-refractivity contribution is 0.0978. The summed E-state index contributed by atoms with van der Waals surface area (Å²) in [6.45, 7) is 5.70. The van der Waals surface area contributed by atoms with Crippen molar-refractivity contribution in [3.63, 3.8) is 0 Å². The molecular formula is C16H14ClN3OS2. The summed E-state index contributed by atoms with van der Waals surface area (Å²) < 4.78 is 0. The zero-order chi connectivity index (χ0) is 17.1. The third-order valence-electron chi connectivity index (χ3n) is 3.32. The highest BCUT2D eigenvalue weighted by Crippen LogP contribution is 2.31. The number of rotatable bonds is 2. The maximum atomic E-state index is 12.2. The predicted octanol–water partition coefficient (Wildman–Crippen LogP) is 4.33. The average molecular weight is 364 g/mol. The number of carbonyl (C=O) groups is 1. The summed E-state index contributed by atoms with van der Waals surface area (Å²) in [7, 11) is 0. The summed E-state index contributed by atoms with van der Waals surface area (Å²) >= 11 is 12.7. The van der Waals surface area contributed by atoms with Gasteiger partial charge in [-0.25, -0.2) is 0 Å². The van der Waals surface area contributed by atoms with Gasteiger partial charge in [0.1, 0.15) is 11.1 Å². The van der Waals surface area contributed by atoms with Gasteiger partial charge in [0.2, 0.25) is 0 Å². The molecule has 0 saturated heterocycles. The maximum absolute atomic E-state index is 12.2. The van der Waals surface area contributed by atoms with E-state index in [0.29, 0.717) is 21.2 Å². The van der Waals surface area contributed by atoms with Crippen LogP contribution < -0.4 is 10.6 Å². The molecule has 0 fully saturated rings. The molecule has 0 spiro atoms. The Bertz CT molecular complexity index is 837. The predicted molar refractivity (Wildman–Crippen MR) is 98.4 cm³/mol. The van der Waals surface area contributed by atoms with Crippen molar-refractivity contribution in [2.75, 3.05) is 5.32 Å². The normalized spacial score (nSPS) is 10.0. The smallest absolute Gasteiger partial charge is 0.258 e. The Morgan fingerprint density at radius 2 is 2.04 bits per heavy atom. The average Bonchev–Trinajstić information content (AvgIpc) is 2.72. The van der Waals surface area contributed by atoms with Crippen LogP contribution in [-0.4, -0.2) is 11.0 Å². The second-order valence-electron chi connectivity index (χ2n) is 4.99. The number of hydrogen-bond acceptors (Lipinski definition) is 4. The molecule has 23 heavy (non-hydrogen) atoms. The number of amides is 1. The lowest BCUT2D eigenvalue weighted by Crippen LogP contribution is -2.34. The first kappa shape index (κ1) is 17.4. The number of carbonyl (C=O) groups excluding carboxylic acids is 1. The number of halogens is 1. The van der Waals surface area contributed by atoms with Crippen molar-refractivity contribution in [2.24, 2.45) is 0 Å². The van der Waals surface area contributed by atoms with Gasteiger partial charge in [-0.1, -0.05) is 17.7 Å². The molecule has 1 aromatic heterocycles. The molecule has 0 aliphatic heterocycles. The van der Waals surface area contributed by atoms with E-state index in [1.54, 1.807) is 18.2 Å². The van der Waals surface area contributed by atoms with Crippen molar-refractivity contribution < 1.29 is 4.79 Å². The fourth-order valence-corrected chi connectivity index (χ4v) is 3.55. The highest BCUT2D eigenvalue weighted by Gasteiger charge is 2.16. The first-order valence-corrected chi connectivity index (χ1v) is 8.32. The van der Waals surface area contributed by atoms with E-state index in [9.17, 15) is 10.1 Å². The van der Waals surface area contributed by atoms with Crippen molar-refractivity contribution in [3.8, 4) is 6.07 Å². The highest BCUT2D eigenvalue weighted by atomic mass is 35.5. The number of nitriles is 1. The molecule has 2 rings (SSSR count). The van der Waals surface area contributed by atoms with Crippen molar-refractivity contribution in [2.45, 2.75) is 20.8 Å². The quantitative estimate of drug-likeness (QED) is 0.779. The highest BCUT2D eigenvalue weighted by molar-refractivity contribution is 7.80. The molecular weight excluding hydrogens is 350 g/mol. The van der Waals surface area contributed by atoms with Crippen molar-refractivity contribution in [1.29, 1.82) is 5.26 Å². The van der Waals surface area contributed by atoms with Gasteiger partial charge in [0, 0.05) is 4.88 Å². The molecule has 0 aliphatic rings. The Labute approximate surface area is 149 Å². The Kier molecular flexibility index (Phi) is 5.37. The lowest BCUT2D eigenvalue weighted by atomic mass is 10.1. The third-order valence-corrected chi connectivity index (χ3v) is 4.96. The van der Waals surface area contributed by atoms with Gasteiger partial charge in [0.15, 0.2) is 5.11 Å². The van der Waals surface area contributed by atoms with Gasteiger partial charge in [-0.15, -0.1) is 11.3 Å². The lowest BCUT2D eigenvalue weighted by Gasteiger charge is -2.09. The topological polar surface area (TPSA) is 64.9 Å². The SMILES string of the molecule is Cc1ccc(C(=O)NC(=S)Nc2sc(C)c(C)c2C#N)c(Cl)c1. The zero-order valence-corrected chi connectivity index (χ0v) is 15.2. The molecule has 0 atom stereocenters. The van der Waals surface area contributed by atoms with Crippen molar-refractivity contribution >= 4 is 51.2 Å². The van der Waals surface area contributed by atoms with Crippen LogP contribution in [0.1, 0.15) is 31.9 Å². The molecule has 0 aliphatic carbocycles. The Morgan fingerprint density at radius 3 is 2.65 bits per heavy atom. The molecule has 1 aromatic carbocycles. The van der Waals surface area contributed by atoms with Crippen LogP contribution in [0.2, 0.25) is 5.02 Å². The van der Waals surface area contributed by atoms with Crippen molar-refractivity contribution in [1.82, 2.24) is 5.32 Å². The number of thiophene rings is 1. The monoisotopic (exact) mass is 363 g/mol. The summed E-state index contributed by atoms with van der Waals surface area (Å²) in [5.41, 5.74) is 2.77. The van der Waals surface area contributed by atoms with Gasteiger partial charge in [-0.3, -0.25) is 10.1 Å². The van der Waals surface area contributed by atoms with Crippen LogP contribution in [0.25, 0.3) is 0 Å². The fraction of sp³-hybridized carbons (Fsp3) is 0.188. The summed E-state index contributed by atoms with van der Waals surface area (Å²) in [6.07, 6.45) is 0. The van der Waals surface area contributed by atoms with Crippen LogP contribution in [0.15, 0.2) is 18.2 Å². The van der Waals surface area contributed by atoms with Gasteiger partial charge in [-0.05, 0) is 56.2 Å². The molecule has 0 bridgehead atoms. The summed E-state index contributed by atoms with van der Waals surface area (Å²) in [6, 6.07) is 7.31. The molecule has 2 N–H and O–H groups in total. The molecule has 0 unspecified atom stereocenters. The molecule has 4 nitrogen and oxygen atoms in total. The molecule has 7 heteroatoms. The number of hydrogen-bond donors (Lipinski definition) is 2. The van der Waals surface area contributed by atoms with E-state index < -0.39 is 5.91 Å². The fourth-order valence-electron chi connectivity index (χ4n) is 1.96. The number of nitrogens with zero attached hydrogens (tertiary/aromatic N) is 1. The van der Waals surface area contributed by atoms with Gasteiger partial charge in [-0.2, -0.15) is 5.26 Å². The van der Waals surface area contributed by atoms with E-state index >= 15 is 0 Å². The zero-order valence-electron chi connectivity index (χ0n) is 12.8. The molecule has 0 radical (unpaired) electrons. The third kappa shape index (κ3) is 3.88. The second-order valence-corrected chi connectivity index (χ2v) is 7.03. The van der Waals surface area contributed by atoms with Crippen LogP contribution in [0.4, 0.5) is 5.00 Å². The van der Waals surface area contributed by atoms with E-state index in [-0.39, 0.29) is 5.11 Å². The number of thiocarbonyl (C=S) groups is 1. The number of benzene rings is 1. The van der Waals surface area contributed by atoms with Gasteiger partial charge in [0.05, 0.1) is 16.1 Å². The molecule has 2 aromatic rings. The largest absolute Gasteiger partial charge is 0.323 e. The number of anilines is 1. The number of aryl methyl sites for hydroxylation is 2. The molecule has 0 saturated carbocycles. The minimum Gasteiger partial charge on any atom is -0.323 e. The van der Waals surface area contributed by atoms with Gasteiger partial charge in [0.25, 0.3) is 5.91 Å². The standard InChI is InChI=1S/C16H14ClN3OS2/c1-8-4-5-11(13(17)6-8)14(21)19-16(22)20-15-12(7-18)9(2)10(3)23-15/h4-6H,1-3H3,(H2,19,20,21,22). The second kappa shape index (κ2) is 7.09. The van der Waals surface area contributed by atoms with Crippen LogP contribution in [-0.2, 0) is 0 Å². The van der Waals surface area contributed by atoms with Crippen LogP contribution in [0.3, 0.4) is 0 Å². The van der Waals surface area contributed by atoms with E-state index in [1.807, 2.05) is 20.8 Å². The first-order chi connectivity index (χ1) is 10.8. The van der Waals surface area contributed by atoms with E-state index in [0.717, 1.165) is 16.0 Å². The maximum Gasteiger partial charge on any atom is 0.258 e. The Morgan fingerprint density at radius 1 is 1.35 bits per heavy atom. The van der Waals surface area contributed by atoms with Crippen LogP contribution in [0.5, 0.6) is 0 Å². The van der Waals surface area contributed by atoms with Gasteiger partial charge >= 0.3 is 0 Å². The molecule has 1 amide bonds. The molecule has 1 heterocycles. The van der Waals surface area contributed by atoms with Gasteiger partial charge < -0.3 is 5.32 Å². The minimum absolute atomic E-state index is 0.129. The van der Waals surface area contributed by atoms with E-state index in [2.05, 4.69) is 16.7 Å². The Hall–Kier alpha value is -1.94. The van der Waals surface area contributed by atoms with Crippen molar-refractivity contribution in [3.05, 3.63) is 50.4 Å².